The zero-order valence-electron chi connectivity index (χ0n) is 12.0. The summed E-state index contributed by atoms with van der Waals surface area (Å²) in [5.41, 5.74) is 8.98. The van der Waals surface area contributed by atoms with E-state index in [1.807, 2.05) is 0 Å². The normalized spacial score (nSPS) is 23.3. The molecule has 2 heterocycles. The highest BCUT2D eigenvalue weighted by atomic mass is 35.5. The molecule has 2 atom stereocenters. The van der Waals surface area contributed by atoms with Gasteiger partial charge in [0.15, 0.2) is 0 Å². The number of benzene rings is 1. The van der Waals surface area contributed by atoms with Crippen LogP contribution in [0.4, 0.5) is 0 Å². The first-order valence-corrected chi connectivity index (χ1v) is 8.69. The van der Waals surface area contributed by atoms with Gasteiger partial charge in [-0.1, -0.05) is 41.9 Å². The quantitative estimate of drug-likeness (QED) is 0.928. The van der Waals surface area contributed by atoms with E-state index in [4.69, 9.17) is 17.3 Å². The van der Waals surface area contributed by atoms with Crippen LogP contribution in [0, 0.1) is 5.92 Å². The van der Waals surface area contributed by atoms with Gasteiger partial charge in [-0.05, 0) is 41.3 Å². The second kappa shape index (κ2) is 6.93. The molecule has 112 valence electrons. The number of nitrogens with two attached hydrogens (primary N) is 1. The van der Waals surface area contributed by atoms with E-state index in [9.17, 15) is 0 Å². The zero-order valence-corrected chi connectivity index (χ0v) is 13.6. The van der Waals surface area contributed by atoms with Crippen LogP contribution >= 0.6 is 22.9 Å². The molecule has 1 fully saturated rings. The lowest BCUT2D eigenvalue weighted by Crippen LogP contribution is -2.47. The number of likely N-dealkylation sites (tertiary alicyclic amines) is 1. The summed E-state index contributed by atoms with van der Waals surface area (Å²) in [6.45, 7) is 3.11. The van der Waals surface area contributed by atoms with Gasteiger partial charge in [0.2, 0.25) is 0 Å². The Morgan fingerprint density at radius 3 is 2.71 bits per heavy atom. The van der Waals surface area contributed by atoms with Gasteiger partial charge >= 0.3 is 0 Å². The summed E-state index contributed by atoms with van der Waals surface area (Å²) < 4.78 is 0.881. The number of piperidine rings is 1. The maximum atomic E-state index is 6.26. The third kappa shape index (κ3) is 4.30. The van der Waals surface area contributed by atoms with E-state index in [0.29, 0.717) is 5.92 Å². The Bertz CT molecular complexity index is 569. The fourth-order valence-electron chi connectivity index (χ4n) is 3.25. The first-order chi connectivity index (χ1) is 10.2. The molecule has 1 aromatic carbocycles. The minimum Gasteiger partial charge on any atom is -0.327 e. The summed E-state index contributed by atoms with van der Waals surface area (Å²) in [5, 5.41) is 2.17. The van der Waals surface area contributed by atoms with Gasteiger partial charge in [-0.15, -0.1) is 11.3 Å². The molecule has 2 unspecified atom stereocenters. The lowest BCUT2D eigenvalue weighted by atomic mass is 9.89. The minimum atomic E-state index is 0.279. The molecule has 1 aliphatic rings. The van der Waals surface area contributed by atoms with Crippen LogP contribution in [0.3, 0.4) is 0 Å². The number of halogens is 1. The second-order valence-electron chi connectivity index (χ2n) is 6.00. The standard InChI is InChI=1S/C17H21ClN2S/c18-17-8-15(12-21-17)6-14-7-16(19)11-20(10-14)9-13-4-2-1-3-5-13/h1-5,8,12,14,16H,6-7,9-11,19H2. The average molecular weight is 321 g/mol. The van der Waals surface area contributed by atoms with Gasteiger partial charge in [-0.25, -0.2) is 0 Å². The largest absolute Gasteiger partial charge is 0.327 e. The SMILES string of the molecule is NC1CC(Cc2csc(Cl)c2)CN(Cc2ccccc2)C1. The molecule has 0 bridgehead atoms. The highest BCUT2D eigenvalue weighted by molar-refractivity contribution is 7.14. The highest BCUT2D eigenvalue weighted by Gasteiger charge is 2.25. The molecule has 0 saturated carbocycles. The Labute approximate surface area is 135 Å². The third-order valence-corrected chi connectivity index (χ3v) is 5.18. The van der Waals surface area contributed by atoms with Gasteiger partial charge < -0.3 is 5.73 Å². The maximum absolute atomic E-state index is 6.26. The average Bonchev–Trinajstić information content (AvgIpc) is 2.84. The number of thiophene rings is 1. The van der Waals surface area contributed by atoms with Crippen molar-refractivity contribution in [3.8, 4) is 0 Å². The van der Waals surface area contributed by atoms with Crippen molar-refractivity contribution in [1.82, 2.24) is 4.90 Å². The summed E-state index contributed by atoms with van der Waals surface area (Å²) >= 11 is 7.64. The van der Waals surface area contributed by atoms with Crippen molar-refractivity contribution in [2.75, 3.05) is 13.1 Å². The second-order valence-corrected chi connectivity index (χ2v) is 7.55. The Morgan fingerprint density at radius 2 is 2.00 bits per heavy atom. The Morgan fingerprint density at radius 1 is 1.19 bits per heavy atom. The Kier molecular flexibility index (Phi) is 4.96. The molecule has 2 aromatic rings. The summed E-state index contributed by atoms with van der Waals surface area (Å²) in [7, 11) is 0. The summed E-state index contributed by atoms with van der Waals surface area (Å²) in [5.74, 6) is 0.628. The monoisotopic (exact) mass is 320 g/mol. The number of nitrogens with zero attached hydrogens (tertiary/aromatic N) is 1. The maximum Gasteiger partial charge on any atom is 0.0931 e. The lowest BCUT2D eigenvalue weighted by molar-refractivity contribution is 0.149. The minimum absolute atomic E-state index is 0.279. The third-order valence-electron chi connectivity index (χ3n) is 4.04. The van der Waals surface area contributed by atoms with Gasteiger partial charge in [-0.3, -0.25) is 4.90 Å². The Balaban J connectivity index is 1.61. The predicted molar refractivity (Wildman–Crippen MR) is 90.8 cm³/mol. The van der Waals surface area contributed by atoms with E-state index >= 15 is 0 Å². The van der Waals surface area contributed by atoms with Crippen molar-refractivity contribution in [1.29, 1.82) is 0 Å². The van der Waals surface area contributed by atoms with Gasteiger partial charge in [0, 0.05) is 25.7 Å². The van der Waals surface area contributed by atoms with Crippen LogP contribution in [-0.2, 0) is 13.0 Å². The molecule has 1 saturated heterocycles. The zero-order chi connectivity index (χ0) is 14.7. The molecule has 0 spiro atoms. The molecule has 1 aromatic heterocycles. The van der Waals surface area contributed by atoms with Crippen LogP contribution in [0.2, 0.25) is 4.34 Å². The van der Waals surface area contributed by atoms with Crippen LogP contribution in [0.1, 0.15) is 17.5 Å². The summed E-state index contributed by atoms with van der Waals surface area (Å²) in [6, 6.07) is 13.0. The molecule has 3 rings (SSSR count). The molecule has 1 aliphatic heterocycles. The molecule has 0 amide bonds. The van der Waals surface area contributed by atoms with Gasteiger partial charge in [0.25, 0.3) is 0 Å². The van der Waals surface area contributed by atoms with Crippen LogP contribution in [0.15, 0.2) is 41.8 Å². The van der Waals surface area contributed by atoms with E-state index in [1.54, 1.807) is 11.3 Å². The van der Waals surface area contributed by atoms with Crippen LogP contribution in [-0.4, -0.2) is 24.0 Å². The van der Waals surface area contributed by atoms with E-state index in [2.05, 4.69) is 46.7 Å². The number of rotatable bonds is 4. The first kappa shape index (κ1) is 15.0. The van der Waals surface area contributed by atoms with E-state index in [-0.39, 0.29) is 6.04 Å². The number of hydrogen-bond acceptors (Lipinski definition) is 3. The Hall–Kier alpha value is -0.870. The molecule has 0 radical (unpaired) electrons. The predicted octanol–water partition coefficient (Wildman–Crippen LogP) is 3.79. The smallest absolute Gasteiger partial charge is 0.0931 e. The van der Waals surface area contributed by atoms with Crippen molar-refractivity contribution in [2.45, 2.75) is 25.4 Å². The molecule has 2 nitrogen and oxygen atoms in total. The lowest BCUT2D eigenvalue weighted by Gasteiger charge is -2.36. The molecular formula is C17H21ClN2S. The van der Waals surface area contributed by atoms with Crippen LogP contribution < -0.4 is 5.73 Å². The summed E-state index contributed by atoms with van der Waals surface area (Å²) in [6.07, 6.45) is 2.20. The topological polar surface area (TPSA) is 29.3 Å². The van der Waals surface area contributed by atoms with Crippen molar-refractivity contribution in [2.24, 2.45) is 11.7 Å². The molecule has 4 heteroatoms. The molecular weight excluding hydrogens is 300 g/mol. The number of hydrogen-bond donors (Lipinski definition) is 1. The van der Waals surface area contributed by atoms with Gasteiger partial charge in [0.1, 0.15) is 0 Å². The van der Waals surface area contributed by atoms with E-state index < -0.39 is 0 Å². The van der Waals surface area contributed by atoms with E-state index in [0.717, 1.165) is 36.8 Å². The molecule has 2 N–H and O–H groups in total. The first-order valence-electron chi connectivity index (χ1n) is 7.44. The van der Waals surface area contributed by atoms with Crippen molar-refractivity contribution < 1.29 is 0 Å². The van der Waals surface area contributed by atoms with Crippen molar-refractivity contribution in [3.05, 3.63) is 57.2 Å². The fourth-order valence-corrected chi connectivity index (χ4v) is 4.17. The van der Waals surface area contributed by atoms with Gasteiger partial charge in [0.05, 0.1) is 4.34 Å². The molecule has 0 aliphatic carbocycles. The van der Waals surface area contributed by atoms with Crippen LogP contribution in [0.5, 0.6) is 0 Å². The fraction of sp³-hybridized carbons (Fsp3) is 0.412. The van der Waals surface area contributed by atoms with Crippen LogP contribution in [0.25, 0.3) is 0 Å². The van der Waals surface area contributed by atoms with Gasteiger partial charge in [-0.2, -0.15) is 0 Å². The van der Waals surface area contributed by atoms with Crippen molar-refractivity contribution in [3.63, 3.8) is 0 Å². The molecule has 21 heavy (non-hydrogen) atoms. The van der Waals surface area contributed by atoms with Crippen molar-refractivity contribution >= 4 is 22.9 Å². The summed E-state index contributed by atoms with van der Waals surface area (Å²) in [4.78, 5) is 2.49. The highest BCUT2D eigenvalue weighted by Crippen LogP contribution is 2.26. The van der Waals surface area contributed by atoms with E-state index in [1.165, 1.54) is 11.1 Å².